The number of H-pyrrole nitrogens is 2. The topological polar surface area (TPSA) is 134 Å². The predicted octanol–water partition coefficient (Wildman–Crippen LogP) is 0.680. The van der Waals surface area contributed by atoms with Gasteiger partial charge in [0.05, 0.1) is 18.1 Å². The highest BCUT2D eigenvalue weighted by Gasteiger charge is 2.34. The second-order valence-electron chi connectivity index (χ2n) is 5.08. The number of nitrogens with zero attached hydrogens (tertiary/aromatic N) is 1. The number of hydrogen-bond acceptors (Lipinski definition) is 6. The van der Waals surface area contributed by atoms with E-state index in [0.29, 0.717) is 17.9 Å². The van der Waals surface area contributed by atoms with E-state index >= 15 is 0 Å². The second-order valence-corrected chi connectivity index (χ2v) is 5.08. The maximum absolute atomic E-state index is 12.3. The molecular weight excluding hydrogens is 312 g/mol. The van der Waals surface area contributed by atoms with Crippen molar-refractivity contribution < 1.29 is 9.47 Å². The molecular formula is C16H14N4O4. The lowest BCUT2D eigenvalue weighted by Gasteiger charge is -2.24. The van der Waals surface area contributed by atoms with Crippen LogP contribution in [-0.4, -0.2) is 16.6 Å². The summed E-state index contributed by atoms with van der Waals surface area (Å²) >= 11 is 0. The standard InChI is InChI=1S/C16H14N4O4/c1-2-23-9-5-3-8(4-6-9)11-10(7-17)13(18)24-15-12(11)14(21)19-16(22)20-15/h3-6,11H,2,18H2,1H3,(H2,19,20,21,22). The molecule has 0 saturated carbocycles. The van der Waals surface area contributed by atoms with Gasteiger partial charge in [0.2, 0.25) is 11.8 Å². The van der Waals surface area contributed by atoms with E-state index in [0.717, 1.165) is 0 Å². The maximum Gasteiger partial charge on any atom is 0.328 e. The fourth-order valence-corrected chi connectivity index (χ4v) is 2.65. The summed E-state index contributed by atoms with van der Waals surface area (Å²) in [7, 11) is 0. The Balaban J connectivity index is 2.20. The molecule has 8 heteroatoms. The molecule has 0 fully saturated rings. The maximum atomic E-state index is 12.3. The Morgan fingerprint density at radius 3 is 2.62 bits per heavy atom. The van der Waals surface area contributed by atoms with Crippen molar-refractivity contribution in [3.8, 4) is 17.7 Å². The lowest BCUT2D eigenvalue weighted by molar-refractivity contribution is 0.340. The van der Waals surface area contributed by atoms with E-state index in [1.165, 1.54) is 0 Å². The van der Waals surface area contributed by atoms with Gasteiger partial charge < -0.3 is 15.2 Å². The van der Waals surface area contributed by atoms with Gasteiger partial charge in [0.1, 0.15) is 17.4 Å². The number of fused-ring (bicyclic) bond motifs is 1. The molecule has 1 aromatic heterocycles. The Hall–Kier alpha value is -3.47. The van der Waals surface area contributed by atoms with E-state index in [1.54, 1.807) is 24.3 Å². The number of ether oxygens (including phenoxy) is 2. The van der Waals surface area contributed by atoms with Gasteiger partial charge in [-0.05, 0) is 24.6 Å². The van der Waals surface area contributed by atoms with E-state index in [9.17, 15) is 14.9 Å². The van der Waals surface area contributed by atoms with Gasteiger partial charge >= 0.3 is 5.69 Å². The minimum atomic E-state index is -0.741. The quantitative estimate of drug-likeness (QED) is 0.759. The van der Waals surface area contributed by atoms with E-state index in [1.807, 2.05) is 13.0 Å². The Bertz CT molecular complexity index is 963. The third-order valence-electron chi connectivity index (χ3n) is 3.64. The summed E-state index contributed by atoms with van der Waals surface area (Å²) in [4.78, 5) is 28.2. The highest BCUT2D eigenvalue weighted by Crippen LogP contribution is 2.38. The van der Waals surface area contributed by atoms with Gasteiger partial charge in [-0.15, -0.1) is 0 Å². The number of nitriles is 1. The molecule has 1 aliphatic rings. The van der Waals surface area contributed by atoms with Gasteiger partial charge in [0, 0.05) is 0 Å². The monoisotopic (exact) mass is 326 g/mol. The number of allylic oxidation sites excluding steroid dienone is 1. The van der Waals surface area contributed by atoms with E-state index < -0.39 is 17.2 Å². The van der Waals surface area contributed by atoms with Gasteiger partial charge in [-0.1, -0.05) is 12.1 Å². The molecule has 2 heterocycles. The summed E-state index contributed by atoms with van der Waals surface area (Å²) in [5.41, 5.74) is 5.33. The average Bonchev–Trinajstić information content (AvgIpc) is 2.54. The first-order chi connectivity index (χ1) is 11.5. The number of nitrogens with two attached hydrogens (primary N) is 1. The van der Waals surface area contributed by atoms with Crippen LogP contribution in [0.5, 0.6) is 11.6 Å². The second kappa shape index (κ2) is 5.96. The molecule has 2 aromatic rings. The van der Waals surface area contributed by atoms with Crippen LogP contribution in [0.15, 0.2) is 45.3 Å². The minimum absolute atomic E-state index is 0.0564. The molecule has 0 spiro atoms. The van der Waals surface area contributed by atoms with Gasteiger partial charge in [0.25, 0.3) is 5.56 Å². The van der Waals surface area contributed by atoms with E-state index in [4.69, 9.17) is 15.2 Å². The molecule has 1 atom stereocenters. The molecule has 0 aliphatic carbocycles. The van der Waals surface area contributed by atoms with E-state index in [-0.39, 0.29) is 22.9 Å². The van der Waals surface area contributed by atoms with Crippen molar-refractivity contribution in [2.75, 3.05) is 6.61 Å². The molecule has 4 N–H and O–H groups in total. The normalized spacial score (nSPS) is 16.1. The van der Waals surface area contributed by atoms with Crippen molar-refractivity contribution in [1.82, 2.24) is 9.97 Å². The number of rotatable bonds is 3. The van der Waals surface area contributed by atoms with E-state index in [2.05, 4.69) is 9.97 Å². The fourth-order valence-electron chi connectivity index (χ4n) is 2.65. The Morgan fingerprint density at radius 1 is 1.29 bits per heavy atom. The predicted molar refractivity (Wildman–Crippen MR) is 84.6 cm³/mol. The van der Waals surface area contributed by atoms with Crippen LogP contribution in [0.3, 0.4) is 0 Å². The van der Waals surface area contributed by atoms with Crippen molar-refractivity contribution in [3.05, 3.63) is 67.7 Å². The van der Waals surface area contributed by atoms with Crippen molar-refractivity contribution >= 4 is 0 Å². The smallest absolute Gasteiger partial charge is 0.328 e. The van der Waals surface area contributed by atoms with Crippen LogP contribution in [-0.2, 0) is 0 Å². The molecule has 8 nitrogen and oxygen atoms in total. The van der Waals surface area contributed by atoms with Crippen molar-refractivity contribution in [3.63, 3.8) is 0 Å². The lowest BCUT2D eigenvalue weighted by atomic mass is 9.85. The zero-order valence-corrected chi connectivity index (χ0v) is 12.8. The zero-order valence-electron chi connectivity index (χ0n) is 12.8. The first-order valence-electron chi connectivity index (χ1n) is 7.22. The van der Waals surface area contributed by atoms with Crippen molar-refractivity contribution in [2.24, 2.45) is 5.73 Å². The molecule has 24 heavy (non-hydrogen) atoms. The van der Waals surface area contributed by atoms with Crippen LogP contribution in [0.2, 0.25) is 0 Å². The van der Waals surface area contributed by atoms with Crippen LogP contribution < -0.4 is 26.5 Å². The van der Waals surface area contributed by atoms with Crippen LogP contribution in [0.25, 0.3) is 0 Å². The summed E-state index contributed by atoms with van der Waals surface area (Å²) in [5, 5.41) is 9.43. The highest BCUT2D eigenvalue weighted by atomic mass is 16.5. The van der Waals surface area contributed by atoms with Gasteiger partial charge in [-0.2, -0.15) is 5.26 Å². The summed E-state index contributed by atoms with van der Waals surface area (Å²) in [6.07, 6.45) is 0. The molecule has 0 bridgehead atoms. The summed E-state index contributed by atoms with van der Waals surface area (Å²) in [6, 6.07) is 8.92. The zero-order chi connectivity index (χ0) is 17.3. The third kappa shape index (κ3) is 2.52. The van der Waals surface area contributed by atoms with Crippen LogP contribution >= 0.6 is 0 Å². The average molecular weight is 326 g/mol. The van der Waals surface area contributed by atoms with Gasteiger partial charge in [-0.25, -0.2) is 4.79 Å². The summed E-state index contributed by atoms with van der Waals surface area (Å²) < 4.78 is 10.6. The molecule has 1 aliphatic heterocycles. The fraction of sp³-hybridized carbons (Fsp3) is 0.188. The van der Waals surface area contributed by atoms with Gasteiger partial charge in [0.15, 0.2) is 0 Å². The molecule has 0 radical (unpaired) electrons. The van der Waals surface area contributed by atoms with Crippen LogP contribution in [0.1, 0.15) is 24.0 Å². The number of benzene rings is 1. The van der Waals surface area contributed by atoms with Crippen molar-refractivity contribution in [1.29, 1.82) is 5.26 Å². The summed E-state index contributed by atoms with van der Waals surface area (Å²) in [6.45, 7) is 2.40. The first-order valence-corrected chi connectivity index (χ1v) is 7.22. The molecule has 0 saturated heterocycles. The number of hydrogen-bond donors (Lipinski definition) is 3. The summed E-state index contributed by atoms with van der Waals surface area (Å²) in [5.74, 6) is -0.279. The van der Waals surface area contributed by atoms with Crippen molar-refractivity contribution in [2.45, 2.75) is 12.8 Å². The number of aromatic nitrogens is 2. The van der Waals surface area contributed by atoms with Gasteiger partial charge in [-0.3, -0.25) is 14.8 Å². The first kappa shape index (κ1) is 15.4. The lowest BCUT2D eigenvalue weighted by Crippen LogP contribution is -2.33. The molecule has 0 amide bonds. The Kier molecular flexibility index (Phi) is 3.83. The number of aromatic amines is 2. The number of nitrogens with one attached hydrogen (secondary N) is 2. The molecule has 1 aromatic carbocycles. The van der Waals surface area contributed by atoms with Crippen LogP contribution in [0.4, 0.5) is 0 Å². The third-order valence-corrected chi connectivity index (χ3v) is 3.64. The Labute approximate surface area is 136 Å². The van der Waals surface area contributed by atoms with Crippen LogP contribution in [0, 0.1) is 11.3 Å². The highest BCUT2D eigenvalue weighted by molar-refractivity contribution is 5.53. The molecule has 122 valence electrons. The molecule has 1 unspecified atom stereocenters. The Morgan fingerprint density at radius 2 is 2.00 bits per heavy atom. The molecule has 3 rings (SSSR count). The largest absolute Gasteiger partial charge is 0.494 e. The SMILES string of the molecule is CCOc1ccc(C2C(C#N)=C(N)Oc3[nH]c(=O)[nH]c(=O)c32)cc1. The minimum Gasteiger partial charge on any atom is -0.494 e.